The lowest BCUT2D eigenvalue weighted by Gasteiger charge is -2.34. The Kier molecular flexibility index (Phi) is 4.87. The second-order valence-electron chi connectivity index (χ2n) is 6.01. The Morgan fingerprint density at radius 3 is 2.43 bits per heavy atom. The summed E-state index contributed by atoms with van der Waals surface area (Å²) in [7, 11) is 3.39. The predicted octanol–water partition coefficient (Wildman–Crippen LogP) is 4.08. The first-order chi connectivity index (χ1) is 11.3. The molecule has 2 aromatic carbocycles. The van der Waals surface area contributed by atoms with E-state index in [0.717, 1.165) is 30.9 Å². The van der Waals surface area contributed by atoms with Gasteiger partial charge in [0.2, 0.25) is 0 Å². The van der Waals surface area contributed by atoms with Gasteiger partial charge in [-0.1, -0.05) is 37.3 Å². The Bertz CT molecular complexity index is 654. The molecule has 23 heavy (non-hydrogen) atoms. The Labute approximate surface area is 138 Å². The fourth-order valence-corrected chi connectivity index (χ4v) is 3.64. The monoisotopic (exact) mass is 311 g/mol. The molecule has 0 fully saturated rings. The maximum atomic E-state index is 5.52. The first kappa shape index (κ1) is 15.9. The average molecular weight is 311 g/mol. The summed E-state index contributed by atoms with van der Waals surface area (Å²) in [6, 6.07) is 15.4. The molecule has 1 aliphatic heterocycles. The number of rotatable bonds is 5. The van der Waals surface area contributed by atoms with Crippen molar-refractivity contribution < 1.29 is 9.47 Å². The van der Waals surface area contributed by atoms with E-state index in [9.17, 15) is 0 Å². The fourth-order valence-electron chi connectivity index (χ4n) is 3.64. The van der Waals surface area contributed by atoms with Crippen molar-refractivity contribution in [1.29, 1.82) is 0 Å². The van der Waals surface area contributed by atoms with E-state index in [0.29, 0.717) is 12.0 Å². The first-order valence-electron chi connectivity index (χ1n) is 8.31. The van der Waals surface area contributed by atoms with Gasteiger partial charge in [-0.15, -0.1) is 0 Å². The second-order valence-corrected chi connectivity index (χ2v) is 6.01. The Balaban J connectivity index is 2.03. The molecule has 0 aromatic heterocycles. The molecule has 0 bridgehead atoms. The van der Waals surface area contributed by atoms with Crippen molar-refractivity contribution in [3.05, 3.63) is 59.2 Å². The summed E-state index contributed by atoms with van der Waals surface area (Å²) < 4.78 is 11.0. The van der Waals surface area contributed by atoms with Gasteiger partial charge in [0.1, 0.15) is 0 Å². The van der Waals surface area contributed by atoms with Crippen LogP contribution in [0.25, 0.3) is 0 Å². The minimum Gasteiger partial charge on any atom is -0.493 e. The first-order valence-corrected chi connectivity index (χ1v) is 8.31. The smallest absolute Gasteiger partial charge is 0.161 e. The van der Waals surface area contributed by atoms with Gasteiger partial charge < -0.3 is 14.8 Å². The highest BCUT2D eigenvalue weighted by Crippen LogP contribution is 2.41. The lowest BCUT2D eigenvalue weighted by Crippen LogP contribution is -2.34. The molecule has 0 aliphatic carbocycles. The van der Waals surface area contributed by atoms with E-state index in [2.05, 4.69) is 54.7 Å². The van der Waals surface area contributed by atoms with Crippen molar-refractivity contribution >= 4 is 0 Å². The Morgan fingerprint density at radius 1 is 1.09 bits per heavy atom. The van der Waals surface area contributed by atoms with Crippen LogP contribution in [0.15, 0.2) is 42.5 Å². The van der Waals surface area contributed by atoms with Crippen LogP contribution in [0.1, 0.15) is 42.0 Å². The third-order valence-corrected chi connectivity index (χ3v) is 4.81. The molecule has 2 aromatic rings. The number of nitrogens with one attached hydrogen (secondary N) is 1. The zero-order valence-corrected chi connectivity index (χ0v) is 14.1. The highest BCUT2D eigenvalue weighted by atomic mass is 16.5. The molecule has 122 valence electrons. The van der Waals surface area contributed by atoms with Gasteiger partial charge >= 0.3 is 0 Å². The summed E-state index contributed by atoms with van der Waals surface area (Å²) >= 11 is 0. The molecule has 0 saturated heterocycles. The van der Waals surface area contributed by atoms with E-state index >= 15 is 0 Å². The normalized spacial score (nSPS) is 18.1. The summed E-state index contributed by atoms with van der Waals surface area (Å²) in [6.45, 7) is 3.25. The summed E-state index contributed by atoms with van der Waals surface area (Å²) in [4.78, 5) is 0. The fraction of sp³-hybridized carbons (Fsp3) is 0.400. The number of hydrogen-bond acceptors (Lipinski definition) is 3. The quantitative estimate of drug-likeness (QED) is 0.902. The van der Waals surface area contributed by atoms with Gasteiger partial charge in [0.25, 0.3) is 0 Å². The summed E-state index contributed by atoms with van der Waals surface area (Å²) in [5.74, 6) is 2.08. The molecule has 2 unspecified atom stereocenters. The molecule has 3 heteroatoms. The molecule has 2 atom stereocenters. The van der Waals surface area contributed by atoms with Gasteiger partial charge in [-0.2, -0.15) is 0 Å². The van der Waals surface area contributed by atoms with Gasteiger partial charge in [0.15, 0.2) is 11.5 Å². The van der Waals surface area contributed by atoms with Gasteiger partial charge in [-0.05, 0) is 48.2 Å². The van der Waals surface area contributed by atoms with Crippen molar-refractivity contribution in [3.8, 4) is 11.5 Å². The average Bonchev–Trinajstić information content (AvgIpc) is 2.62. The minimum atomic E-state index is 0.311. The molecule has 1 N–H and O–H groups in total. The Morgan fingerprint density at radius 2 is 1.78 bits per heavy atom. The standard InChI is InChI=1S/C20H25NO2/c1-4-16(14-8-6-5-7-9-14)20-17-13-19(23-3)18(22-2)12-15(17)10-11-21-20/h5-9,12-13,16,20-21H,4,10-11H2,1-3H3. The SMILES string of the molecule is CCC(c1ccccc1)C1NCCc2cc(OC)c(OC)cc21. The number of benzene rings is 2. The van der Waals surface area contributed by atoms with E-state index in [1.807, 2.05) is 0 Å². The minimum absolute atomic E-state index is 0.311. The molecule has 1 heterocycles. The number of fused-ring (bicyclic) bond motifs is 1. The van der Waals surface area contributed by atoms with Crippen LogP contribution < -0.4 is 14.8 Å². The molecule has 0 spiro atoms. The maximum Gasteiger partial charge on any atom is 0.161 e. The largest absolute Gasteiger partial charge is 0.493 e. The third-order valence-electron chi connectivity index (χ3n) is 4.81. The zero-order valence-electron chi connectivity index (χ0n) is 14.1. The van der Waals surface area contributed by atoms with Crippen LogP contribution in [-0.4, -0.2) is 20.8 Å². The highest BCUT2D eigenvalue weighted by molar-refractivity contribution is 5.50. The van der Waals surface area contributed by atoms with E-state index < -0.39 is 0 Å². The second kappa shape index (κ2) is 7.05. The topological polar surface area (TPSA) is 30.5 Å². The van der Waals surface area contributed by atoms with Gasteiger partial charge in [0.05, 0.1) is 14.2 Å². The van der Waals surface area contributed by atoms with Crippen LogP contribution in [0.5, 0.6) is 11.5 Å². The van der Waals surface area contributed by atoms with Crippen molar-refractivity contribution in [2.24, 2.45) is 0 Å². The number of hydrogen-bond donors (Lipinski definition) is 1. The predicted molar refractivity (Wildman–Crippen MR) is 93.5 cm³/mol. The van der Waals surface area contributed by atoms with Crippen LogP contribution in [0.4, 0.5) is 0 Å². The van der Waals surface area contributed by atoms with E-state index in [4.69, 9.17) is 9.47 Å². The summed E-state index contributed by atoms with van der Waals surface area (Å²) in [5.41, 5.74) is 4.08. The molecular weight excluding hydrogens is 286 g/mol. The maximum absolute atomic E-state index is 5.52. The van der Waals surface area contributed by atoms with Crippen LogP contribution in [-0.2, 0) is 6.42 Å². The van der Waals surface area contributed by atoms with E-state index in [1.54, 1.807) is 14.2 Å². The summed E-state index contributed by atoms with van der Waals surface area (Å²) in [6.07, 6.45) is 2.12. The molecule has 0 saturated carbocycles. The molecule has 0 amide bonds. The van der Waals surface area contributed by atoms with Crippen LogP contribution >= 0.6 is 0 Å². The molecular formula is C20H25NO2. The van der Waals surface area contributed by atoms with Crippen molar-refractivity contribution in [3.63, 3.8) is 0 Å². The van der Waals surface area contributed by atoms with Gasteiger partial charge in [-0.25, -0.2) is 0 Å². The molecule has 0 radical (unpaired) electrons. The van der Waals surface area contributed by atoms with Gasteiger partial charge in [-0.3, -0.25) is 0 Å². The van der Waals surface area contributed by atoms with Crippen LogP contribution in [0, 0.1) is 0 Å². The Hall–Kier alpha value is -2.00. The van der Waals surface area contributed by atoms with E-state index in [1.165, 1.54) is 16.7 Å². The molecule has 3 nitrogen and oxygen atoms in total. The zero-order chi connectivity index (χ0) is 16.2. The highest BCUT2D eigenvalue weighted by Gasteiger charge is 2.29. The van der Waals surface area contributed by atoms with Crippen LogP contribution in [0.3, 0.4) is 0 Å². The summed E-state index contributed by atoms with van der Waals surface area (Å²) in [5, 5.41) is 3.72. The van der Waals surface area contributed by atoms with Crippen LogP contribution in [0.2, 0.25) is 0 Å². The lowest BCUT2D eigenvalue weighted by molar-refractivity contribution is 0.349. The molecule has 1 aliphatic rings. The van der Waals surface area contributed by atoms with Gasteiger partial charge in [0, 0.05) is 12.0 Å². The lowest BCUT2D eigenvalue weighted by atomic mass is 9.81. The van der Waals surface area contributed by atoms with Crippen molar-refractivity contribution in [2.75, 3.05) is 20.8 Å². The molecule has 3 rings (SSSR count). The number of ether oxygens (including phenoxy) is 2. The number of methoxy groups -OCH3 is 2. The third kappa shape index (κ3) is 3.06. The van der Waals surface area contributed by atoms with Crippen molar-refractivity contribution in [2.45, 2.75) is 31.7 Å². The van der Waals surface area contributed by atoms with E-state index in [-0.39, 0.29) is 0 Å². The van der Waals surface area contributed by atoms with Crippen molar-refractivity contribution in [1.82, 2.24) is 5.32 Å².